The standard InChI is InChI=1S/C27H27F3N6O2/c1-15-12-17(6-9-19(15)26(38)33-18-7-8-18)22-14-32-25-21(31-11-10-27(28,29)30)13-24(35-36(22)25)34-20-4-3-5-23(37)16(20)2/h3-6,9,12-14,18,31,37H,7-8,10-11H2,1-2H3,(H,33,38)(H,34,35). The van der Waals surface area contributed by atoms with E-state index in [4.69, 9.17) is 0 Å². The molecule has 1 aliphatic rings. The minimum absolute atomic E-state index is 0.101. The first kappa shape index (κ1) is 25.4. The van der Waals surface area contributed by atoms with Crippen molar-refractivity contribution < 1.29 is 23.1 Å². The summed E-state index contributed by atoms with van der Waals surface area (Å²) in [5, 5.41) is 23.7. The Kier molecular flexibility index (Phi) is 6.60. The summed E-state index contributed by atoms with van der Waals surface area (Å²) >= 11 is 0. The van der Waals surface area contributed by atoms with Gasteiger partial charge in [-0.05, 0) is 56.5 Å². The van der Waals surface area contributed by atoms with Crippen molar-refractivity contribution in [1.29, 1.82) is 0 Å². The highest BCUT2D eigenvalue weighted by molar-refractivity contribution is 5.96. The summed E-state index contributed by atoms with van der Waals surface area (Å²) in [5.74, 6) is 0.332. The highest BCUT2D eigenvalue weighted by atomic mass is 19.4. The summed E-state index contributed by atoms with van der Waals surface area (Å²) < 4.78 is 40.0. The third-order valence-corrected chi connectivity index (χ3v) is 6.44. The molecule has 198 valence electrons. The van der Waals surface area contributed by atoms with Gasteiger partial charge < -0.3 is 21.1 Å². The quantitative estimate of drug-likeness (QED) is 0.235. The number of carbonyl (C=O) groups excluding carboxylic acids is 1. The van der Waals surface area contributed by atoms with Crippen molar-refractivity contribution in [2.45, 2.75) is 45.3 Å². The minimum Gasteiger partial charge on any atom is -0.508 e. The molecule has 5 rings (SSSR count). The highest BCUT2D eigenvalue weighted by Gasteiger charge is 2.27. The van der Waals surface area contributed by atoms with Gasteiger partial charge in [-0.3, -0.25) is 4.79 Å². The number of phenolic OH excluding ortho intramolecular Hbond substituents is 1. The zero-order chi connectivity index (χ0) is 27.0. The van der Waals surface area contributed by atoms with Gasteiger partial charge >= 0.3 is 6.18 Å². The molecule has 1 amide bonds. The zero-order valence-corrected chi connectivity index (χ0v) is 20.9. The number of hydrogen-bond donors (Lipinski definition) is 4. The van der Waals surface area contributed by atoms with E-state index in [1.165, 1.54) is 0 Å². The van der Waals surface area contributed by atoms with E-state index in [0.717, 1.165) is 24.0 Å². The van der Waals surface area contributed by atoms with Gasteiger partial charge in [-0.2, -0.15) is 13.2 Å². The number of halogens is 3. The maximum Gasteiger partial charge on any atom is 0.390 e. The van der Waals surface area contributed by atoms with Crippen molar-refractivity contribution in [3.05, 3.63) is 65.4 Å². The molecule has 0 atom stereocenters. The fraction of sp³-hybridized carbons (Fsp3) is 0.296. The molecule has 0 saturated heterocycles. The van der Waals surface area contributed by atoms with E-state index in [-0.39, 0.29) is 24.2 Å². The molecule has 0 bridgehead atoms. The summed E-state index contributed by atoms with van der Waals surface area (Å²) in [6.07, 6.45) is -1.73. The second kappa shape index (κ2) is 9.88. The summed E-state index contributed by atoms with van der Waals surface area (Å²) in [4.78, 5) is 17.0. The van der Waals surface area contributed by atoms with Gasteiger partial charge in [0.15, 0.2) is 11.5 Å². The number of rotatable bonds is 8. The average molecular weight is 525 g/mol. The number of nitrogens with one attached hydrogen (secondary N) is 3. The van der Waals surface area contributed by atoms with Gasteiger partial charge in [-0.25, -0.2) is 9.50 Å². The fourth-order valence-electron chi connectivity index (χ4n) is 4.16. The Bertz CT molecular complexity index is 1510. The molecule has 1 fully saturated rings. The van der Waals surface area contributed by atoms with E-state index >= 15 is 0 Å². The molecular formula is C27H27F3N6O2. The van der Waals surface area contributed by atoms with E-state index in [1.54, 1.807) is 54.0 Å². The van der Waals surface area contributed by atoms with Crippen molar-refractivity contribution in [3.63, 3.8) is 0 Å². The largest absolute Gasteiger partial charge is 0.508 e. The number of amides is 1. The number of fused-ring (bicyclic) bond motifs is 1. The first-order chi connectivity index (χ1) is 18.1. The molecule has 38 heavy (non-hydrogen) atoms. The smallest absolute Gasteiger partial charge is 0.390 e. The molecule has 8 nitrogen and oxygen atoms in total. The lowest BCUT2D eigenvalue weighted by Gasteiger charge is -2.14. The van der Waals surface area contributed by atoms with Gasteiger partial charge in [0.05, 0.1) is 24.0 Å². The molecule has 2 aromatic heterocycles. The Balaban J connectivity index is 1.53. The van der Waals surface area contributed by atoms with Crippen molar-refractivity contribution in [2.75, 3.05) is 17.2 Å². The van der Waals surface area contributed by atoms with E-state index < -0.39 is 12.6 Å². The third-order valence-electron chi connectivity index (χ3n) is 6.44. The van der Waals surface area contributed by atoms with Crippen LogP contribution in [0.3, 0.4) is 0 Å². The van der Waals surface area contributed by atoms with Crippen LogP contribution < -0.4 is 16.0 Å². The third kappa shape index (κ3) is 5.51. The number of carbonyl (C=O) groups is 1. The Hall–Kier alpha value is -4.28. The summed E-state index contributed by atoms with van der Waals surface area (Å²) in [6.45, 7) is 3.26. The van der Waals surface area contributed by atoms with E-state index in [1.807, 2.05) is 13.0 Å². The van der Waals surface area contributed by atoms with Gasteiger partial charge in [0.2, 0.25) is 0 Å². The van der Waals surface area contributed by atoms with Crippen LogP contribution in [0.5, 0.6) is 5.75 Å². The number of aryl methyl sites for hydroxylation is 1. The number of aromatic nitrogens is 3. The molecule has 11 heteroatoms. The topological polar surface area (TPSA) is 104 Å². The fourth-order valence-corrected chi connectivity index (χ4v) is 4.16. The van der Waals surface area contributed by atoms with E-state index in [0.29, 0.717) is 39.7 Å². The van der Waals surface area contributed by atoms with Crippen LogP contribution in [0.4, 0.5) is 30.4 Å². The van der Waals surface area contributed by atoms with Crippen LogP contribution in [-0.4, -0.2) is 44.4 Å². The average Bonchev–Trinajstić information content (AvgIpc) is 3.56. The maximum absolute atomic E-state index is 12.8. The lowest BCUT2D eigenvalue weighted by Crippen LogP contribution is -2.26. The van der Waals surface area contributed by atoms with E-state index in [2.05, 4.69) is 26.0 Å². The number of alkyl halides is 3. The number of benzene rings is 2. The Labute approximate surface area is 216 Å². The normalized spacial score (nSPS) is 13.5. The van der Waals surface area contributed by atoms with Gasteiger partial charge in [0.25, 0.3) is 5.91 Å². The molecule has 0 unspecified atom stereocenters. The van der Waals surface area contributed by atoms with E-state index in [9.17, 15) is 23.1 Å². The van der Waals surface area contributed by atoms with Crippen LogP contribution in [0, 0.1) is 13.8 Å². The number of phenols is 1. The van der Waals surface area contributed by atoms with Crippen molar-refractivity contribution in [3.8, 4) is 17.0 Å². The Morgan fingerprint density at radius 2 is 1.92 bits per heavy atom. The highest BCUT2D eigenvalue weighted by Crippen LogP contribution is 2.31. The van der Waals surface area contributed by atoms with Crippen molar-refractivity contribution in [2.24, 2.45) is 0 Å². The summed E-state index contributed by atoms with van der Waals surface area (Å²) in [7, 11) is 0. The maximum atomic E-state index is 12.8. The molecule has 0 spiro atoms. The predicted molar refractivity (Wildman–Crippen MR) is 139 cm³/mol. The Morgan fingerprint density at radius 3 is 2.63 bits per heavy atom. The van der Waals surface area contributed by atoms with Gasteiger partial charge in [0, 0.05) is 41.0 Å². The molecular weight excluding hydrogens is 497 g/mol. The predicted octanol–water partition coefficient (Wildman–Crippen LogP) is 5.72. The van der Waals surface area contributed by atoms with Gasteiger partial charge in [-0.15, -0.1) is 5.10 Å². The van der Waals surface area contributed by atoms with Crippen molar-refractivity contribution in [1.82, 2.24) is 19.9 Å². The van der Waals surface area contributed by atoms with Crippen LogP contribution in [0.1, 0.15) is 40.7 Å². The van der Waals surface area contributed by atoms with Crippen molar-refractivity contribution >= 4 is 28.7 Å². The summed E-state index contributed by atoms with van der Waals surface area (Å²) in [5.41, 5.74) is 4.64. The van der Waals surface area contributed by atoms with Gasteiger partial charge in [-0.1, -0.05) is 12.1 Å². The van der Waals surface area contributed by atoms with Crippen LogP contribution in [0.25, 0.3) is 16.9 Å². The monoisotopic (exact) mass is 524 g/mol. The first-order valence-corrected chi connectivity index (χ1v) is 12.3. The SMILES string of the molecule is Cc1cc(-c2cnc3c(NCCC(F)(F)F)cc(Nc4cccc(O)c4C)nn23)ccc1C(=O)NC1CC1. The number of aromatic hydroxyl groups is 1. The lowest BCUT2D eigenvalue weighted by atomic mass is 10.0. The number of imidazole rings is 1. The van der Waals surface area contributed by atoms with Crippen LogP contribution >= 0.6 is 0 Å². The molecule has 1 saturated carbocycles. The number of anilines is 3. The molecule has 4 N–H and O–H groups in total. The van der Waals surface area contributed by atoms with Crippen LogP contribution in [0.2, 0.25) is 0 Å². The number of hydrogen-bond acceptors (Lipinski definition) is 6. The molecule has 4 aromatic rings. The molecule has 0 aliphatic heterocycles. The molecule has 2 aromatic carbocycles. The molecule has 0 radical (unpaired) electrons. The van der Waals surface area contributed by atoms with Gasteiger partial charge in [0.1, 0.15) is 5.75 Å². The van der Waals surface area contributed by atoms with Crippen LogP contribution in [-0.2, 0) is 0 Å². The first-order valence-electron chi connectivity index (χ1n) is 12.3. The zero-order valence-electron chi connectivity index (χ0n) is 20.9. The van der Waals surface area contributed by atoms with Crippen LogP contribution in [0.15, 0.2) is 48.7 Å². The second-order valence-corrected chi connectivity index (χ2v) is 9.47. The lowest BCUT2D eigenvalue weighted by molar-refractivity contribution is -0.131. The summed E-state index contributed by atoms with van der Waals surface area (Å²) in [6, 6.07) is 12.3. The minimum atomic E-state index is -4.30. The Morgan fingerprint density at radius 1 is 1.13 bits per heavy atom. The number of nitrogens with zero attached hydrogens (tertiary/aromatic N) is 3. The molecule has 1 aliphatic carbocycles. The second-order valence-electron chi connectivity index (χ2n) is 9.47. The molecule has 2 heterocycles.